The molecule has 0 aliphatic carbocycles. The summed E-state index contributed by atoms with van der Waals surface area (Å²) in [6.07, 6.45) is 5.73. The van der Waals surface area contributed by atoms with E-state index in [2.05, 4.69) is 4.90 Å². The minimum atomic E-state index is 0.302. The summed E-state index contributed by atoms with van der Waals surface area (Å²) in [6.45, 7) is 0.675. The van der Waals surface area contributed by atoms with Crippen molar-refractivity contribution in [2.45, 2.75) is 56.7 Å². The van der Waals surface area contributed by atoms with Gasteiger partial charge in [-0.1, -0.05) is 0 Å². The molecule has 0 radical (unpaired) electrons. The minimum absolute atomic E-state index is 0.302. The number of piperidine rings is 1. The molecule has 1 amide bonds. The molecule has 2 heterocycles. The lowest BCUT2D eigenvalue weighted by Gasteiger charge is -2.37. The predicted octanol–water partition coefficient (Wildman–Crippen LogP) is 0.894. The average molecular weight is 226 g/mol. The van der Waals surface area contributed by atoms with Gasteiger partial charge in [-0.2, -0.15) is 0 Å². The molecule has 2 bridgehead atoms. The molecule has 0 aromatic carbocycles. The van der Waals surface area contributed by atoms with E-state index in [1.807, 2.05) is 0 Å². The Morgan fingerprint density at radius 2 is 2.00 bits per heavy atom. The first-order chi connectivity index (χ1) is 7.72. The van der Waals surface area contributed by atoms with E-state index in [4.69, 9.17) is 10.5 Å². The SMILES string of the molecule is COCCCC(=O)N1C2CCC1CC(N)C2. The molecule has 0 spiro atoms. The summed E-state index contributed by atoms with van der Waals surface area (Å²) in [5, 5.41) is 0. The van der Waals surface area contributed by atoms with Crippen molar-refractivity contribution in [3.8, 4) is 0 Å². The molecular formula is C12H22N2O2. The molecule has 4 heteroatoms. The predicted molar refractivity (Wildman–Crippen MR) is 62.0 cm³/mol. The van der Waals surface area contributed by atoms with Gasteiger partial charge in [0.15, 0.2) is 0 Å². The summed E-state index contributed by atoms with van der Waals surface area (Å²) in [7, 11) is 1.67. The zero-order valence-electron chi connectivity index (χ0n) is 10.0. The van der Waals surface area contributed by atoms with Gasteiger partial charge in [0.05, 0.1) is 0 Å². The van der Waals surface area contributed by atoms with Crippen molar-refractivity contribution in [3.05, 3.63) is 0 Å². The van der Waals surface area contributed by atoms with Crippen LogP contribution >= 0.6 is 0 Å². The van der Waals surface area contributed by atoms with Crippen LogP contribution in [0.15, 0.2) is 0 Å². The van der Waals surface area contributed by atoms with Gasteiger partial charge in [-0.15, -0.1) is 0 Å². The molecule has 2 aliphatic heterocycles. The molecule has 2 saturated heterocycles. The molecule has 0 aromatic rings. The van der Waals surface area contributed by atoms with Crippen LogP contribution in [0.25, 0.3) is 0 Å². The van der Waals surface area contributed by atoms with Gasteiger partial charge in [0.25, 0.3) is 0 Å². The number of methoxy groups -OCH3 is 1. The van der Waals surface area contributed by atoms with Crippen molar-refractivity contribution < 1.29 is 9.53 Å². The number of nitrogens with zero attached hydrogens (tertiary/aromatic N) is 1. The zero-order valence-corrected chi connectivity index (χ0v) is 10.0. The Morgan fingerprint density at radius 1 is 1.38 bits per heavy atom. The Balaban J connectivity index is 1.87. The fourth-order valence-electron chi connectivity index (χ4n) is 3.12. The monoisotopic (exact) mass is 226 g/mol. The van der Waals surface area contributed by atoms with Crippen LogP contribution in [-0.2, 0) is 9.53 Å². The number of nitrogens with two attached hydrogens (primary N) is 1. The van der Waals surface area contributed by atoms with Gasteiger partial charge in [-0.05, 0) is 32.1 Å². The highest BCUT2D eigenvalue weighted by molar-refractivity contribution is 5.77. The molecule has 2 unspecified atom stereocenters. The van der Waals surface area contributed by atoms with E-state index in [1.165, 1.54) is 0 Å². The number of carbonyl (C=O) groups is 1. The zero-order chi connectivity index (χ0) is 11.5. The molecule has 16 heavy (non-hydrogen) atoms. The van der Waals surface area contributed by atoms with Crippen LogP contribution in [0.2, 0.25) is 0 Å². The van der Waals surface area contributed by atoms with Crippen molar-refractivity contribution >= 4 is 5.91 Å². The molecule has 0 saturated carbocycles. The first-order valence-corrected chi connectivity index (χ1v) is 6.28. The second kappa shape index (κ2) is 5.15. The van der Waals surface area contributed by atoms with Gasteiger partial charge in [0.1, 0.15) is 0 Å². The van der Waals surface area contributed by atoms with Gasteiger partial charge in [0, 0.05) is 38.3 Å². The maximum absolute atomic E-state index is 12.1. The number of hydrogen-bond acceptors (Lipinski definition) is 3. The van der Waals surface area contributed by atoms with E-state index in [0.717, 1.165) is 32.1 Å². The second-order valence-electron chi connectivity index (χ2n) is 5.01. The fraction of sp³-hybridized carbons (Fsp3) is 0.917. The van der Waals surface area contributed by atoms with E-state index < -0.39 is 0 Å². The van der Waals surface area contributed by atoms with E-state index in [-0.39, 0.29) is 0 Å². The molecule has 2 fully saturated rings. The Hall–Kier alpha value is -0.610. The number of amides is 1. The van der Waals surface area contributed by atoms with E-state index in [0.29, 0.717) is 37.1 Å². The van der Waals surface area contributed by atoms with E-state index in [9.17, 15) is 4.79 Å². The highest BCUT2D eigenvalue weighted by atomic mass is 16.5. The molecular weight excluding hydrogens is 204 g/mol. The smallest absolute Gasteiger partial charge is 0.223 e. The third kappa shape index (κ3) is 2.38. The van der Waals surface area contributed by atoms with Gasteiger partial charge < -0.3 is 15.4 Å². The van der Waals surface area contributed by atoms with Crippen molar-refractivity contribution in [2.24, 2.45) is 5.73 Å². The molecule has 0 aromatic heterocycles. The summed E-state index contributed by atoms with van der Waals surface area (Å²) in [5.74, 6) is 0.302. The van der Waals surface area contributed by atoms with E-state index >= 15 is 0 Å². The number of rotatable bonds is 4. The number of carbonyl (C=O) groups excluding carboxylic acids is 1. The standard InChI is InChI=1S/C12H22N2O2/c1-16-6-2-3-12(15)14-10-4-5-11(14)8-9(13)7-10/h9-11H,2-8,13H2,1H3. The third-order valence-corrected chi connectivity index (χ3v) is 3.80. The molecule has 92 valence electrons. The highest BCUT2D eigenvalue weighted by Crippen LogP contribution is 2.35. The second-order valence-corrected chi connectivity index (χ2v) is 5.01. The molecule has 2 atom stereocenters. The Labute approximate surface area is 97.1 Å². The third-order valence-electron chi connectivity index (χ3n) is 3.80. The first-order valence-electron chi connectivity index (χ1n) is 6.28. The fourth-order valence-corrected chi connectivity index (χ4v) is 3.12. The summed E-state index contributed by atoms with van der Waals surface area (Å²) >= 11 is 0. The lowest BCUT2D eigenvalue weighted by atomic mass is 9.97. The topological polar surface area (TPSA) is 55.6 Å². The van der Waals surface area contributed by atoms with Crippen molar-refractivity contribution in [3.63, 3.8) is 0 Å². The van der Waals surface area contributed by atoms with Crippen LogP contribution in [-0.4, -0.2) is 42.6 Å². The number of hydrogen-bond donors (Lipinski definition) is 1. The van der Waals surface area contributed by atoms with Gasteiger partial charge in [-0.25, -0.2) is 0 Å². The Morgan fingerprint density at radius 3 is 2.56 bits per heavy atom. The lowest BCUT2D eigenvalue weighted by Crippen LogP contribution is -2.50. The largest absolute Gasteiger partial charge is 0.385 e. The summed E-state index contributed by atoms with van der Waals surface area (Å²) < 4.78 is 4.98. The van der Waals surface area contributed by atoms with Crippen molar-refractivity contribution in [2.75, 3.05) is 13.7 Å². The van der Waals surface area contributed by atoms with Crippen LogP contribution < -0.4 is 5.73 Å². The van der Waals surface area contributed by atoms with Crippen LogP contribution in [0.3, 0.4) is 0 Å². The molecule has 2 aliphatic rings. The van der Waals surface area contributed by atoms with Crippen molar-refractivity contribution in [1.29, 1.82) is 0 Å². The average Bonchev–Trinajstić information content (AvgIpc) is 2.52. The normalized spacial score (nSPS) is 33.1. The van der Waals surface area contributed by atoms with Crippen LogP contribution in [0.1, 0.15) is 38.5 Å². The first kappa shape index (κ1) is 11.9. The quantitative estimate of drug-likeness (QED) is 0.724. The Kier molecular flexibility index (Phi) is 3.82. The van der Waals surface area contributed by atoms with E-state index in [1.54, 1.807) is 7.11 Å². The minimum Gasteiger partial charge on any atom is -0.385 e. The van der Waals surface area contributed by atoms with Crippen LogP contribution in [0.5, 0.6) is 0 Å². The van der Waals surface area contributed by atoms with Crippen LogP contribution in [0.4, 0.5) is 0 Å². The molecule has 2 rings (SSSR count). The van der Waals surface area contributed by atoms with Gasteiger partial charge in [0.2, 0.25) is 5.91 Å². The molecule has 4 nitrogen and oxygen atoms in total. The van der Waals surface area contributed by atoms with Crippen LogP contribution in [0, 0.1) is 0 Å². The number of ether oxygens (including phenoxy) is 1. The summed E-state index contributed by atoms with van der Waals surface area (Å²) in [4.78, 5) is 14.2. The summed E-state index contributed by atoms with van der Waals surface area (Å²) in [6, 6.07) is 1.15. The van der Waals surface area contributed by atoms with Crippen molar-refractivity contribution in [1.82, 2.24) is 4.90 Å². The van der Waals surface area contributed by atoms with Gasteiger partial charge >= 0.3 is 0 Å². The molecule has 2 N–H and O–H groups in total. The maximum atomic E-state index is 12.1. The van der Waals surface area contributed by atoms with Gasteiger partial charge in [-0.3, -0.25) is 4.79 Å². The Bertz CT molecular complexity index is 243. The lowest BCUT2D eigenvalue weighted by molar-refractivity contribution is -0.136. The summed E-state index contributed by atoms with van der Waals surface area (Å²) in [5.41, 5.74) is 5.98. The number of fused-ring (bicyclic) bond motifs is 2. The maximum Gasteiger partial charge on any atom is 0.223 e. The highest BCUT2D eigenvalue weighted by Gasteiger charge is 2.41.